The van der Waals surface area contributed by atoms with Crippen LogP contribution in [-0.4, -0.2) is 13.4 Å². The van der Waals surface area contributed by atoms with Crippen molar-refractivity contribution in [3.05, 3.63) is 53.0 Å². The quantitative estimate of drug-likeness (QED) is 0.944. The van der Waals surface area contributed by atoms with Crippen molar-refractivity contribution < 1.29 is 12.8 Å². The van der Waals surface area contributed by atoms with Crippen LogP contribution in [0.25, 0.3) is 0 Å². The van der Waals surface area contributed by atoms with Gasteiger partial charge in [0.1, 0.15) is 28.2 Å². The van der Waals surface area contributed by atoms with Gasteiger partial charge >= 0.3 is 0 Å². The predicted molar refractivity (Wildman–Crippen MR) is 75.6 cm³/mol. The van der Waals surface area contributed by atoms with E-state index in [-0.39, 0.29) is 5.82 Å². The molecule has 2 rings (SSSR count). The Kier molecular flexibility index (Phi) is 3.91. The van der Waals surface area contributed by atoms with Crippen molar-refractivity contribution in [2.24, 2.45) is 0 Å². The molecule has 0 atom stereocenters. The van der Waals surface area contributed by atoms with Crippen LogP contribution in [0.3, 0.4) is 0 Å². The van der Waals surface area contributed by atoms with E-state index in [4.69, 9.17) is 5.26 Å². The van der Waals surface area contributed by atoms with Crippen LogP contribution in [-0.2, 0) is 10.0 Å². The molecule has 108 valence electrons. The van der Waals surface area contributed by atoms with Crippen LogP contribution in [0.5, 0.6) is 0 Å². The van der Waals surface area contributed by atoms with Gasteiger partial charge in [0.15, 0.2) is 0 Å². The van der Waals surface area contributed by atoms with Crippen LogP contribution in [0, 0.1) is 31.0 Å². The van der Waals surface area contributed by atoms with Crippen molar-refractivity contribution in [3.8, 4) is 6.07 Å². The van der Waals surface area contributed by atoms with Crippen molar-refractivity contribution in [1.82, 2.24) is 4.98 Å². The third kappa shape index (κ3) is 3.17. The first-order valence-corrected chi connectivity index (χ1v) is 7.48. The zero-order valence-electron chi connectivity index (χ0n) is 11.4. The largest absolute Gasteiger partial charge is 0.264 e. The van der Waals surface area contributed by atoms with E-state index in [2.05, 4.69) is 9.71 Å². The van der Waals surface area contributed by atoms with Crippen molar-refractivity contribution in [1.29, 1.82) is 5.26 Å². The van der Waals surface area contributed by atoms with Gasteiger partial charge in [0.05, 0.1) is 0 Å². The molecule has 7 heteroatoms. The predicted octanol–water partition coefficient (Wildman–Crippen LogP) is 2.51. The summed E-state index contributed by atoms with van der Waals surface area (Å²) in [5.41, 5.74) is 0.960. The molecule has 0 aliphatic carbocycles. The SMILES string of the molecule is Cc1cc(C)nc(NS(=O)(=O)c2cccc(F)c2C#N)c1. The molecule has 1 aromatic carbocycles. The molecule has 0 bridgehead atoms. The molecule has 0 spiro atoms. The smallest absolute Gasteiger partial charge is 0.263 e. The molecular formula is C14H12FN3O2S. The lowest BCUT2D eigenvalue weighted by atomic mass is 10.2. The summed E-state index contributed by atoms with van der Waals surface area (Å²) in [6.07, 6.45) is 0. The van der Waals surface area contributed by atoms with Crippen molar-refractivity contribution >= 4 is 15.8 Å². The number of hydrogen-bond donors (Lipinski definition) is 1. The lowest BCUT2D eigenvalue weighted by molar-refractivity contribution is 0.593. The highest BCUT2D eigenvalue weighted by molar-refractivity contribution is 7.92. The first-order valence-electron chi connectivity index (χ1n) is 6.00. The summed E-state index contributed by atoms with van der Waals surface area (Å²) in [5, 5.41) is 8.92. The van der Waals surface area contributed by atoms with Crippen LogP contribution in [0.4, 0.5) is 10.2 Å². The van der Waals surface area contributed by atoms with Gasteiger partial charge in [0.2, 0.25) is 0 Å². The Balaban J connectivity index is 2.49. The number of nitrogens with one attached hydrogen (secondary N) is 1. The molecule has 0 aliphatic rings. The number of pyridine rings is 1. The lowest BCUT2D eigenvalue weighted by Gasteiger charge is -2.10. The van der Waals surface area contributed by atoms with Gasteiger partial charge in [-0.05, 0) is 43.7 Å². The summed E-state index contributed by atoms with van der Waals surface area (Å²) in [5.74, 6) is -0.755. The molecule has 0 saturated heterocycles. The molecule has 0 radical (unpaired) electrons. The minimum atomic E-state index is -4.09. The molecule has 0 fully saturated rings. The normalized spacial score (nSPS) is 11.0. The summed E-state index contributed by atoms with van der Waals surface area (Å²) in [7, 11) is -4.09. The van der Waals surface area contributed by atoms with Crippen LogP contribution >= 0.6 is 0 Å². The molecule has 1 aromatic heterocycles. The van der Waals surface area contributed by atoms with Gasteiger partial charge in [-0.1, -0.05) is 6.07 Å². The van der Waals surface area contributed by atoms with Crippen LogP contribution in [0.2, 0.25) is 0 Å². The number of aryl methyl sites for hydroxylation is 2. The maximum atomic E-state index is 13.5. The third-order valence-electron chi connectivity index (χ3n) is 2.71. The number of nitriles is 1. The fraction of sp³-hybridized carbons (Fsp3) is 0.143. The average molecular weight is 305 g/mol. The van der Waals surface area contributed by atoms with E-state index in [0.29, 0.717) is 5.69 Å². The number of sulfonamides is 1. The number of halogens is 1. The second kappa shape index (κ2) is 5.50. The minimum Gasteiger partial charge on any atom is -0.263 e. The summed E-state index contributed by atoms with van der Waals surface area (Å²) >= 11 is 0. The Bertz CT molecular complexity index is 822. The third-order valence-corrected chi connectivity index (χ3v) is 4.11. The second-order valence-corrected chi connectivity index (χ2v) is 6.15. The van der Waals surface area contributed by atoms with Gasteiger partial charge in [-0.25, -0.2) is 17.8 Å². The number of anilines is 1. The van der Waals surface area contributed by atoms with Gasteiger partial charge in [-0.3, -0.25) is 4.72 Å². The molecular weight excluding hydrogens is 293 g/mol. The molecule has 0 aliphatic heterocycles. The summed E-state index contributed by atoms with van der Waals surface area (Å²) in [6, 6.07) is 8.35. The summed E-state index contributed by atoms with van der Waals surface area (Å²) in [6.45, 7) is 3.53. The maximum absolute atomic E-state index is 13.5. The van der Waals surface area contributed by atoms with Crippen molar-refractivity contribution in [2.75, 3.05) is 4.72 Å². The van der Waals surface area contributed by atoms with Gasteiger partial charge < -0.3 is 0 Å². The number of nitrogens with zero attached hydrogens (tertiary/aromatic N) is 2. The number of hydrogen-bond acceptors (Lipinski definition) is 4. The maximum Gasteiger partial charge on any atom is 0.264 e. The Morgan fingerprint density at radius 3 is 2.62 bits per heavy atom. The molecule has 0 saturated carbocycles. The van der Waals surface area contributed by atoms with Gasteiger partial charge in [-0.15, -0.1) is 0 Å². The molecule has 0 amide bonds. The Labute approximate surface area is 122 Å². The Hall–Kier alpha value is -2.46. The van der Waals surface area contributed by atoms with E-state index in [1.54, 1.807) is 32.0 Å². The van der Waals surface area contributed by atoms with Crippen LogP contribution in [0.15, 0.2) is 35.2 Å². The van der Waals surface area contributed by atoms with Gasteiger partial charge in [0.25, 0.3) is 10.0 Å². The summed E-state index contributed by atoms with van der Waals surface area (Å²) in [4.78, 5) is 3.64. The Morgan fingerprint density at radius 1 is 1.29 bits per heavy atom. The fourth-order valence-electron chi connectivity index (χ4n) is 1.92. The molecule has 1 N–H and O–H groups in total. The first-order chi connectivity index (χ1) is 9.83. The first kappa shape index (κ1) is 14.9. The highest BCUT2D eigenvalue weighted by atomic mass is 32.2. The zero-order valence-corrected chi connectivity index (χ0v) is 12.2. The van der Waals surface area contributed by atoms with Crippen molar-refractivity contribution in [3.63, 3.8) is 0 Å². The van der Waals surface area contributed by atoms with Crippen LogP contribution < -0.4 is 4.72 Å². The van der Waals surface area contributed by atoms with E-state index in [0.717, 1.165) is 11.6 Å². The van der Waals surface area contributed by atoms with Gasteiger partial charge in [0, 0.05) is 5.69 Å². The number of rotatable bonds is 3. The van der Waals surface area contributed by atoms with Crippen LogP contribution in [0.1, 0.15) is 16.8 Å². The van der Waals surface area contributed by atoms with Crippen molar-refractivity contribution in [2.45, 2.75) is 18.7 Å². The number of benzene rings is 1. The highest BCUT2D eigenvalue weighted by Gasteiger charge is 2.21. The minimum absolute atomic E-state index is 0.126. The van der Waals surface area contributed by atoms with E-state index in [1.807, 2.05) is 0 Å². The zero-order chi connectivity index (χ0) is 15.6. The number of aromatic nitrogens is 1. The molecule has 2 aromatic rings. The van der Waals surface area contributed by atoms with E-state index < -0.39 is 26.3 Å². The molecule has 1 heterocycles. The van der Waals surface area contributed by atoms with E-state index in [1.165, 1.54) is 12.1 Å². The lowest BCUT2D eigenvalue weighted by Crippen LogP contribution is -2.16. The molecule has 0 unspecified atom stereocenters. The fourth-order valence-corrected chi connectivity index (χ4v) is 3.08. The topological polar surface area (TPSA) is 82.8 Å². The molecule has 21 heavy (non-hydrogen) atoms. The highest BCUT2D eigenvalue weighted by Crippen LogP contribution is 2.21. The Morgan fingerprint density at radius 2 is 2.00 bits per heavy atom. The molecule has 5 nitrogen and oxygen atoms in total. The standard InChI is InChI=1S/C14H12FN3O2S/c1-9-6-10(2)17-14(7-9)18-21(19,20)13-5-3-4-12(15)11(13)8-16/h3-7H,1-2H3,(H,17,18). The monoisotopic (exact) mass is 305 g/mol. The van der Waals surface area contributed by atoms with E-state index in [9.17, 15) is 12.8 Å². The second-order valence-electron chi connectivity index (χ2n) is 4.50. The van der Waals surface area contributed by atoms with E-state index >= 15 is 0 Å². The average Bonchev–Trinajstić information content (AvgIpc) is 2.36. The van der Waals surface area contributed by atoms with Gasteiger partial charge in [-0.2, -0.15) is 5.26 Å². The summed E-state index contributed by atoms with van der Waals surface area (Å²) < 4.78 is 40.4.